The van der Waals surface area contributed by atoms with Crippen molar-refractivity contribution in [2.45, 2.75) is 12.3 Å². The van der Waals surface area contributed by atoms with E-state index >= 15 is 0 Å². The summed E-state index contributed by atoms with van der Waals surface area (Å²) in [6.45, 7) is 0. The third-order valence-electron chi connectivity index (χ3n) is 5.87. The fourth-order valence-corrected chi connectivity index (χ4v) is 4.05. The lowest BCUT2D eigenvalue weighted by molar-refractivity contribution is -0.140. The van der Waals surface area contributed by atoms with E-state index in [4.69, 9.17) is 13.9 Å². The predicted molar refractivity (Wildman–Crippen MR) is 129 cm³/mol. The number of esters is 2. The first-order chi connectivity index (χ1) is 17.3. The molecule has 0 radical (unpaired) electrons. The van der Waals surface area contributed by atoms with Crippen molar-refractivity contribution < 1.29 is 38.8 Å². The van der Waals surface area contributed by atoms with Gasteiger partial charge in [0.05, 0.1) is 26.2 Å². The van der Waals surface area contributed by atoms with E-state index in [1.54, 1.807) is 30.3 Å². The van der Waals surface area contributed by atoms with E-state index in [1.807, 2.05) is 0 Å². The zero-order chi connectivity index (χ0) is 26.0. The molecule has 1 aromatic heterocycles. The summed E-state index contributed by atoms with van der Waals surface area (Å²) in [6, 6.07) is 15.9. The number of carbonyl (C=O) groups excluding carboxylic acids is 2. The summed E-state index contributed by atoms with van der Waals surface area (Å²) in [5.41, 5.74) is 0.260. The fourth-order valence-electron chi connectivity index (χ4n) is 4.05. The van der Waals surface area contributed by atoms with Crippen molar-refractivity contribution in [3.05, 3.63) is 87.6 Å². The monoisotopic (exact) mass is 490 g/mol. The number of hydrogen-bond acceptors (Lipinski definition) is 9. The molecule has 3 N–H and O–H groups in total. The molecule has 0 spiro atoms. The topological polar surface area (TPSA) is 144 Å². The number of methoxy groups -OCH3 is 2. The van der Waals surface area contributed by atoms with Crippen LogP contribution >= 0.6 is 0 Å². The molecule has 4 aromatic rings. The molecule has 1 heterocycles. The molecule has 184 valence electrons. The van der Waals surface area contributed by atoms with Gasteiger partial charge in [-0.05, 0) is 17.7 Å². The van der Waals surface area contributed by atoms with Crippen LogP contribution in [0.2, 0.25) is 0 Å². The molecule has 0 aliphatic rings. The van der Waals surface area contributed by atoms with Gasteiger partial charge in [-0.25, -0.2) is 4.79 Å². The van der Waals surface area contributed by atoms with Crippen LogP contribution in [0, 0.1) is 0 Å². The maximum Gasteiger partial charge on any atom is 0.337 e. The summed E-state index contributed by atoms with van der Waals surface area (Å²) in [5, 5.41) is 31.5. The van der Waals surface area contributed by atoms with Crippen molar-refractivity contribution in [2.75, 3.05) is 14.2 Å². The van der Waals surface area contributed by atoms with Crippen molar-refractivity contribution in [1.29, 1.82) is 0 Å². The Morgan fingerprint density at radius 2 is 1.56 bits per heavy atom. The van der Waals surface area contributed by atoms with E-state index in [9.17, 15) is 29.7 Å². The number of rotatable bonds is 6. The average Bonchev–Trinajstić information content (AvgIpc) is 2.90. The third kappa shape index (κ3) is 4.34. The molecular weight excluding hydrogens is 468 g/mol. The SMILES string of the molecule is COC(=O)C[C@H](c1ccc(C(=O)OC)cc1)c1c(O)c(O)c(O)c2c(=O)cc(-c3ccccc3)oc12. The predicted octanol–water partition coefficient (Wildman–Crippen LogP) is 4.06. The van der Waals surface area contributed by atoms with Crippen LogP contribution in [0.3, 0.4) is 0 Å². The third-order valence-corrected chi connectivity index (χ3v) is 5.87. The van der Waals surface area contributed by atoms with Gasteiger partial charge in [0, 0.05) is 23.1 Å². The van der Waals surface area contributed by atoms with Crippen molar-refractivity contribution >= 4 is 22.9 Å². The van der Waals surface area contributed by atoms with Crippen molar-refractivity contribution in [1.82, 2.24) is 0 Å². The van der Waals surface area contributed by atoms with Gasteiger partial charge in [-0.15, -0.1) is 0 Å². The number of phenolic OH excluding ortho intramolecular Hbond substituents is 3. The minimum Gasteiger partial charge on any atom is -0.504 e. The van der Waals surface area contributed by atoms with Crippen LogP contribution in [0.25, 0.3) is 22.3 Å². The molecule has 1 atom stereocenters. The Morgan fingerprint density at radius 3 is 2.17 bits per heavy atom. The average molecular weight is 490 g/mol. The Balaban J connectivity index is 2.03. The lowest BCUT2D eigenvalue weighted by Crippen LogP contribution is -2.13. The van der Waals surface area contributed by atoms with E-state index in [2.05, 4.69) is 0 Å². The molecule has 9 heteroatoms. The fraction of sp³-hybridized carbons (Fsp3) is 0.148. The van der Waals surface area contributed by atoms with Gasteiger partial charge in [0.1, 0.15) is 16.7 Å². The Hall–Kier alpha value is -4.79. The van der Waals surface area contributed by atoms with Crippen molar-refractivity contribution in [3.63, 3.8) is 0 Å². The first-order valence-corrected chi connectivity index (χ1v) is 10.8. The summed E-state index contributed by atoms with van der Waals surface area (Å²) in [5.74, 6) is -4.61. The summed E-state index contributed by atoms with van der Waals surface area (Å²) in [4.78, 5) is 37.3. The van der Waals surface area contributed by atoms with Gasteiger partial charge in [0.2, 0.25) is 5.75 Å². The molecule has 36 heavy (non-hydrogen) atoms. The molecule has 0 bridgehead atoms. The molecule has 0 unspecified atom stereocenters. The van der Waals surface area contributed by atoms with Gasteiger partial charge in [0.25, 0.3) is 0 Å². The molecular formula is C27H22O9. The van der Waals surface area contributed by atoms with Crippen molar-refractivity contribution in [2.24, 2.45) is 0 Å². The molecule has 0 amide bonds. The standard InChI is InChI=1S/C27H22O9/c1-34-20(29)12-17(14-8-10-16(11-9-14)27(33)35-2)21-23(30)25(32)24(31)22-18(28)13-19(36-26(21)22)15-6-4-3-5-7-15/h3-11,13,17,30-32H,12H2,1-2H3/t17-/m1/s1. The second-order valence-corrected chi connectivity index (χ2v) is 7.95. The van der Waals surface area contributed by atoms with Crippen molar-refractivity contribution in [3.8, 4) is 28.6 Å². The Morgan fingerprint density at radius 1 is 0.889 bits per heavy atom. The minimum absolute atomic E-state index is 0.105. The molecule has 0 fully saturated rings. The Labute approximate surface area is 204 Å². The smallest absolute Gasteiger partial charge is 0.337 e. The largest absolute Gasteiger partial charge is 0.504 e. The first kappa shape index (κ1) is 24.3. The quantitative estimate of drug-likeness (QED) is 0.269. The summed E-state index contributed by atoms with van der Waals surface area (Å²) < 4.78 is 15.6. The molecule has 0 saturated carbocycles. The molecule has 9 nitrogen and oxygen atoms in total. The highest BCUT2D eigenvalue weighted by Gasteiger charge is 2.31. The number of ether oxygens (including phenoxy) is 2. The Kier molecular flexibility index (Phi) is 6.64. The van der Waals surface area contributed by atoms with E-state index in [0.29, 0.717) is 11.1 Å². The first-order valence-electron chi connectivity index (χ1n) is 10.8. The second-order valence-electron chi connectivity index (χ2n) is 7.95. The maximum absolute atomic E-state index is 13.0. The molecule has 0 aliphatic carbocycles. The zero-order valence-corrected chi connectivity index (χ0v) is 19.3. The number of benzene rings is 3. The van der Waals surface area contributed by atoms with Crippen LogP contribution in [0.1, 0.15) is 33.8 Å². The summed E-state index contributed by atoms with van der Waals surface area (Å²) >= 11 is 0. The van der Waals surface area contributed by atoms with E-state index in [-0.39, 0.29) is 34.3 Å². The highest BCUT2D eigenvalue weighted by Crippen LogP contribution is 2.49. The lowest BCUT2D eigenvalue weighted by atomic mass is 9.85. The molecule has 0 saturated heterocycles. The van der Waals surface area contributed by atoms with Crippen LogP contribution < -0.4 is 5.43 Å². The maximum atomic E-state index is 13.0. The van der Waals surface area contributed by atoms with Gasteiger partial charge in [-0.3, -0.25) is 9.59 Å². The number of hydrogen-bond donors (Lipinski definition) is 3. The van der Waals surface area contributed by atoms with Gasteiger partial charge in [-0.2, -0.15) is 0 Å². The van der Waals surface area contributed by atoms with E-state index < -0.39 is 40.5 Å². The number of fused-ring (bicyclic) bond motifs is 1. The van der Waals surface area contributed by atoms with Gasteiger partial charge in [-0.1, -0.05) is 42.5 Å². The molecule has 0 aliphatic heterocycles. The lowest BCUT2D eigenvalue weighted by Gasteiger charge is -2.21. The van der Waals surface area contributed by atoms with Gasteiger partial charge >= 0.3 is 11.9 Å². The number of phenols is 3. The zero-order valence-electron chi connectivity index (χ0n) is 19.3. The molecule has 4 rings (SSSR count). The second kappa shape index (κ2) is 9.83. The highest BCUT2D eigenvalue weighted by molar-refractivity contribution is 5.94. The summed E-state index contributed by atoms with van der Waals surface area (Å²) in [7, 11) is 2.44. The summed E-state index contributed by atoms with van der Waals surface area (Å²) in [6.07, 6.45) is -0.319. The number of aromatic hydroxyl groups is 3. The minimum atomic E-state index is -0.993. The van der Waals surface area contributed by atoms with E-state index in [0.717, 1.165) is 6.07 Å². The van der Waals surface area contributed by atoms with Gasteiger partial charge < -0.3 is 29.2 Å². The van der Waals surface area contributed by atoms with Crippen LogP contribution in [-0.4, -0.2) is 41.5 Å². The highest BCUT2D eigenvalue weighted by atomic mass is 16.5. The molecule has 3 aromatic carbocycles. The normalized spacial score (nSPS) is 11.7. The number of carbonyl (C=O) groups is 2. The van der Waals surface area contributed by atoms with Crippen LogP contribution in [0.15, 0.2) is 69.9 Å². The Bertz CT molecular complexity index is 1500. The van der Waals surface area contributed by atoms with Gasteiger partial charge in [0.15, 0.2) is 16.9 Å². The van der Waals surface area contributed by atoms with Crippen LogP contribution in [0.4, 0.5) is 0 Å². The van der Waals surface area contributed by atoms with Crippen LogP contribution in [-0.2, 0) is 14.3 Å². The van der Waals surface area contributed by atoms with E-state index in [1.165, 1.54) is 38.5 Å². The van der Waals surface area contributed by atoms with Crippen LogP contribution in [0.5, 0.6) is 17.2 Å².